The number of halogens is 1. The Morgan fingerprint density at radius 1 is 1.47 bits per heavy atom. The highest BCUT2D eigenvalue weighted by molar-refractivity contribution is 7.09. The van der Waals surface area contributed by atoms with Crippen molar-refractivity contribution in [2.45, 2.75) is 26.4 Å². The standard InChI is InChI=1S/C13H15FN2S/c1-9-3-4-11(7-12(9)14)10(2)16-8-13-15-5-6-17-13/h3-7,10,16H,8H2,1-2H3. The predicted octanol–water partition coefficient (Wildman–Crippen LogP) is 3.44. The molecule has 0 saturated heterocycles. The number of nitrogens with zero attached hydrogens (tertiary/aromatic N) is 1. The average molecular weight is 250 g/mol. The third-order valence-corrected chi connectivity index (χ3v) is 3.52. The van der Waals surface area contributed by atoms with Gasteiger partial charge in [0.25, 0.3) is 0 Å². The molecule has 1 N–H and O–H groups in total. The maximum Gasteiger partial charge on any atom is 0.126 e. The van der Waals surface area contributed by atoms with Gasteiger partial charge in [0.15, 0.2) is 0 Å². The SMILES string of the molecule is Cc1ccc(C(C)NCc2nccs2)cc1F. The molecule has 4 heteroatoms. The smallest absolute Gasteiger partial charge is 0.126 e. The van der Waals surface area contributed by atoms with Crippen LogP contribution in [-0.2, 0) is 6.54 Å². The van der Waals surface area contributed by atoms with E-state index in [-0.39, 0.29) is 11.9 Å². The van der Waals surface area contributed by atoms with Crippen molar-refractivity contribution >= 4 is 11.3 Å². The minimum absolute atomic E-state index is 0.119. The number of aryl methyl sites for hydroxylation is 1. The van der Waals surface area contributed by atoms with Crippen molar-refractivity contribution in [1.29, 1.82) is 0 Å². The van der Waals surface area contributed by atoms with Gasteiger partial charge in [-0.05, 0) is 31.0 Å². The summed E-state index contributed by atoms with van der Waals surface area (Å²) < 4.78 is 13.4. The first-order valence-corrected chi connectivity index (χ1v) is 6.42. The Morgan fingerprint density at radius 2 is 2.29 bits per heavy atom. The van der Waals surface area contributed by atoms with Crippen molar-refractivity contribution in [3.8, 4) is 0 Å². The summed E-state index contributed by atoms with van der Waals surface area (Å²) in [5, 5.41) is 6.33. The van der Waals surface area contributed by atoms with Crippen molar-refractivity contribution in [1.82, 2.24) is 10.3 Å². The molecule has 0 saturated carbocycles. The molecule has 0 bridgehead atoms. The summed E-state index contributed by atoms with van der Waals surface area (Å²) in [7, 11) is 0. The molecule has 17 heavy (non-hydrogen) atoms. The molecule has 0 fully saturated rings. The molecule has 0 spiro atoms. The second kappa shape index (κ2) is 5.38. The van der Waals surface area contributed by atoms with E-state index in [1.54, 1.807) is 30.5 Å². The topological polar surface area (TPSA) is 24.9 Å². The molecule has 1 heterocycles. The third-order valence-electron chi connectivity index (χ3n) is 2.74. The Bertz CT molecular complexity index is 482. The largest absolute Gasteiger partial charge is 0.304 e. The Balaban J connectivity index is 1.99. The number of hydrogen-bond acceptors (Lipinski definition) is 3. The van der Waals surface area contributed by atoms with Crippen LogP contribution in [0, 0.1) is 12.7 Å². The van der Waals surface area contributed by atoms with E-state index in [1.165, 1.54) is 0 Å². The number of benzene rings is 1. The zero-order chi connectivity index (χ0) is 12.3. The molecule has 1 aromatic carbocycles. The molecular formula is C13H15FN2S. The van der Waals surface area contributed by atoms with Gasteiger partial charge in [-0.25, -0.2) is 9.37 Å². The Kier molecular flexibility index (Phi) is 3.86. The highest BCUT2D eigenvalue weighted by atomic mass is 32.1. The Labute approximate surface area is 105 Å². The van der Waals surface area contributed by atoms with Gasteiger partial charge in [-0.3, -0.25) is 0 Å². The van der Waals surface area contributed by atoms with E-state index in [4.69, 9.17) is 0 Å². The molecule has 1 unspecified atom stereocenters. The summed E-state index contributed by atoms with van der Waals surface area (Å²) in [6.07, 6.45) is 1.79. The molecule has 90 valence electrons. The van der Waals surface area contributed by atoms with E-state index in [1.807, 2.05) is 24.4 Å². The number of rotatable bonds is 4. The van der Waals surface area contributed by atoms with Crippen molar-refractivity contribution in [3.05, 3.63) is 51.7 Å². The van der Waals surface area contributed by atoms with Crippen LogP contribution in [0.25, 0.3) is 0 Å². The lowest BCUT2D eigenvalue weighted by atomic mass is 10.1. The summed E-state index contributed by atoms with van der Waals surface area (Å²) >= 11 is 1.62. The van der Waals surface area contributed by atoms with Crippen molar-refractivity contribution < 1.29 is 4.39 Å². The first kappa shape index (κ1) is 12.2. The quantitative estimate of drug-likeness (QED) is 0.899. The van der Waals surface area contributed by atoms with Gasteiger partial charge in [0.1, 0.15) is 10.8 Å². The van der Waals surface area contributed by atoms with Crippen LogP contribution in [0.15, 0.2) is 29.8 Å². The van der Waals surface area contributed by atoms with Crippen molar-refractivity contribution in [2.24, 2.45) is 0 Å². The number of nitrogens with one attached hydrogen (secondary N) is 1. The summed E-state index contributed by atoms with van der Waals surface area (Å²) in [5.74, 6) is -0.148. The van der Waals surface area contributed by atoms with Crippen LogP contribution in [-0.4, -0.2) is 4.98 Å². The first-order chi connectivity index (χ1) is 8.16. The molecule has 0 aliphatic rings. The molecule has 0 radical (unpaired) electrons. The van der Waals surface area contributed by atoms with Gasteiger partial charge in [-0.1, -0.05) is 12.1 Å². The summed E-state index contributed by atoms with van der Waals surface area (Å²) in [4.78, 5) is 4.20. The van der Waals surface area contributed by atoms with Gasteiger partial charge in [-0.2, -0.15) is 0 Å². The van der Waals surface area contributed by atoms with E-state index >= 15 is 0 Å². The monoisotopic (exact) mass is 250 g/mol. The van der Waals surface area contributed by atoms with Crippen LogP contribution < -0.4 is 5.32 Å². The van der Waals surface area contributed by atoms with Crippen LogP contribution >= 0.6 is 11.3 Å². The summed E-state index contributed by atoms with van der Waals surface area (Å²) in [5.41, 5.74) is 1.64. The minimum Gasteiger partial charge on any atom is -0.304 e. The molecule has 1 atom stereocenters. The lowest BCUT2D eigenvalue weighted by Crippen LogP contribution is -2.18. The lowest BCUT2D eigenvalue weighted by molar-refractivity contribution is 0.562. The molecule has 1 aromatic heterocycles. The van der Waals surface area contributed by atoms with Gasteiger partial charge in [0, 0.05) is 24.2 Å². The summed E-state index contributed by atoms with van der Waals surface area (Å²) in [6, 6.07) is 5.48. The van der Waals surface area contributed by atoms with E-state index in [9.17, 15) is 4.39 Å². The minimum atomic E-state index is -0.148. The molecule has 0 aliphatic heterocycles. The number of hydrogen-bond donors (Lipinski definition) is 1. The molecular weight excluding hydrogens is 235 g/mol. The van der Waals surface area contributed by atoms with Crippen LogP contribution in [0.1, 0.15) is 29.1 Å². The van der Waals surface area contributed by atoms with E-state index < -0.39 is 0 Å². The molecule has 0 amide bonds. The fraction of sp³-hybridized carbons (Fsp3) is 0.308. The average Bonchev–Trinajstić information content (AvgIpc) is 2.82. The van der Waals surface area contributed by atoms with Gasteiger partial charge in [0.2, 0.25) is 0 Å². The number of aromatic nitrogens is 1. The van der Waals surface area contributed by atoms with Crippen LogP contribution in [0.5, 0.6) is 0 Å². The predicted molar refractivity (Wildman–Crippen MR) is 68.5 cm³/mol. The van der Waals surface area contributed by atoms with Crippen LogP contribution in [0.4, 0.5) is 4.39 Å². The van der Waals surface area contributed by atoms with Crippen molar-refractivity contribution in [3.63, 3.8) is 0 Å². The first-order valence-electron chi connectivity index (χ1n) is 5.54. The van der Waals surface area contributed by atoms with Gasteiger partial charge in [-0.15, -0.1) is 11.3 Å². The molecule has 2 nitrogen and oxygen atoms in total. The van der Waals surface area contributed by atoms with Gasteiger partial charge >= 0.3 is 0 Å². The second-order valence-corrected chi connectivity index (χ2v) is 5.02. The highest BCUT2D eigenvalue weighted by Crippen LogP contribution is 2.17. The van der Waals surface area contributed by atoms with Crippen LogP contribution in [0.3, 0.4) is 0 Å². The second-order valence-electron chi connectivity index (χ2n) is 4.04. The van der Waals surface area contributed by atoms with Gasteiger partial charge < -0.3 is 5.32 Å². The Hall–Kier alpha value is -1.26. The molecule has 2 rings (SSSR count). The van der Waals surface area contributed by atoms with Crippen molar-refractivity contribution in [2.75, 3.05) is 0 Å². The van der Waals surface area contributed by atoms with Gasteiger partial charge in [0.05, 0.1) is 0 Å². The zero-order valence-electron chi connectivity index (χ0n) is 9.90. The normalized spacial score (nSPS) is 12.6. The van der Waals surface area contributed by atoms with E-state index in [2.05, 4.69) is 10.3 Å². The third kappa shape index (κ3) is 3.11. The van der Waals surface area contributed by atoms with Crippen LogP contribution in [0.2, 0.25) is 0 Å². The fourth-order valence-electron chi connectivity index (χ4n) is 1.58. The maximum absolute atomic E-state index is 13.4. The highest BCUT2D eigenvalue weighted by Gasteiger charge is 2.07. The lowest BCUT2D eigenvalue weighted by Gasteiger charge is -2.13. The molecule has 0 aliphatic carbocycles. The fourth-order valence-corrected chi connectivity index (χ4v) is 2.14. The van der Waals surface area contributed by atoms with E-state index in [0.717, 1.165) is 10.6 Å². The molecule has 2 aromatic rings. The maximum atomic E-state index is 13.4. The van der Waals surface area contributed by atoms with E-state index in [0.29, 0.717) is 12.1 Å². The number of thiazole rings is 1. The zero-order valence-corrected chi connectivity index (χ0v) is 10.7. The summed E-state index contributed by atoms with van der Waals surface area (Å²) in [6.45, 7) is 4.51. The Morgan fingerprint density at radius 3 is 2.94 bits per heavy atom.